The summed E-state index contributed by atoms with van der Waals surface area (Å²) < 4.78 is 39.0. The van der Waals surface area contributed by atoms with Crippen molar-refractivity contribution in [3.8, 4) is 0 Å². The van der Waals surface area contributed by atoms with Gasteiger partial charge in [-0.1, -0.05) is 36.4 Å². The number of halogens is 4. The number of hydrogen-bond donors (Lipinski definition) is 0. The molecule has 1 rings (SSSR count). The van der Waals surface area contributed by atoms with Crippen LogP contribution in [0.3, 0.4) is 0 Å². The predicted octanol–water partition coefficient (Wildman–Crippen LogP) is 4.17. The summed E-state index contributed by atoms with van der Waals surface area (Å²) >= 11 is 1.68. The molecule has 78 valence electrons. The highest BCUT2D eigenvalue weighted by Crippen LogP contribution is 2.06. The van der Waals surface area contributed by atoms with Crippen LogP contribution in [0.4, 0.5) is 17.3 Å². The zero-order valence-electron chi connectivity index (χ0n) is 7.12. The first-order valence-corrected chi connectivity index (χ1v) is 4.62. The summed E-state index contributed by atoms with van der Waals surface area (Å²) in [6.07, 6.45) is 0. The second-order valence-corrected chi connectivity index (χ2v) is 2.87. The fourth-order valence-corrected chi connectivity index (χ4v) is 0.937. The van der Waals surface area contributed by atoms with Crippen molar-refractivity contribution in [2.45, 2.75) is 0 Å². The van der Waals surface area contributed by atoms with Crippen LogP contribution in [0.1, 0.15) is 0 Å². The molecule has 0 nitrogen and oxygen atoms in total. The minimum absolute atomic E-state index is 1.68. The highest BCUT2D eigenvalue weighted by Gasteiger charge is 2.20. The molecule has 1 aromatic rings. The Morgan fingerprint density at radius 3 is 1.29 bits per heavy atom. The first-order chi connectivity index (χ1) is 6.50. The molecule has 0 aliphatic carbocycles. The quantitative estimate of drug-likeness (QED) is 0.457. The maximum absolute atomic E-state index is 9.75. The van der Waals surface area contributed by atoms with E-state index in [0.717, 1.165) is 0 Å². The molecule has 0 aliphatic heterocycles. The molecule has 0 spiro atoms. The smallest absolute Gasteiger partial charge is 0.418 e. The van der Waals surface area contributed by atoms with Gasteiger partial charge in [-0.15, -0.1) is 0 Å². The predicted molar refractivity (Wildman–Crippen MR) is 52.1 cm³/mol. The van der Waals surface area contributed by atoms with Crippen LogP contribution in [0, 0.1) is 0 Å². The van der Waals surface area contributed by atoms with Crippen LogP contribution in [0.25, 0.3) is 0 Å². The minimum atomic E-state index is -6.00. The van der Waals surface area contributed by atoms with Crippen LogP contribution in [0.15, 0.2) is 47.2 Å². The number of hydrogen-bond acceptors (Lipinski definition) is 1. The first-order valence-electron chi connectivity index (χ1n) is 3.68. The lowest BCUT2D eigenvalue weighted by molar-refractivity contribution is 0.368. The average Bonchev–Trinajstić information content (AvgIpc) is 2.14. The Labute approximate surface area is 83.6 Å². The zero-order chi connectivity index (χ0) is 10.9. The molecule has 1 heterocycles. The fourth-order valence-electron chi connectivity index (χ4n) is 0.483. The zero-order valence-corrected chi connectivity index (χ0v) is 7.93. The third kappa shape index (κ3) is 17.2. The summed E-state index contributed by atoms with van der Waals surface area (Å²) in [5, 5.41) is 4.08. The van der Waals surface area contributed by atoms with E-state index in [1.54, 1.807) is 11.3 Å². The highest BCUT2D eigenvalue weighted by atomic mass is 32.1. The molecule has 0 unspecified atom stereocenters. The summed E-state index contributed by atoms with van der Waals surface area (Å²) in [6, 6.07) is 12.1. The van der Waals surface area contributed by atoms with Gasteiger partial charge in [0.05, 0.1) is 0 Å². The van der Waals surface area contributed by atoms with Crippen molar-refractivity contribution >= 4 is 18.6 Å². The molecule has 0 aromatic carbocycles. The van der Waals surface area contributed by atoms with Crippen molar-refractivity contribution in [1.82, 2.24) is 0 Å². The Bertz CT molecular complexity index is 202. The van der Waals surface area contributed by atoms with Gasteiger partial charge >= 0.3 is 7.25 Å². The van der Waals surface area contributed by atoms with E-state index in [0.29, 0.717) is 0 Å². The van der Waals surface area contributed by atoms with Gasteiger partial charge in [0.2, 0.25) is 0 Å². The van der Waals surface area contributed by atoms with Gasteiger partial charge in [-0.3, -0.25) is 0 Å². The molecule has 0 saturated carbocycles. The third-order valence-corrected chi connectivity index (χ3v) is 1.50. The molecular weight excluding hydrogens is 215 g/mol. The van der Waals surface area contributed by atoms with Crippen LogP contribution < -0.4 is 0 Å². The Hall–Kier alpha value is -1.04. The molecule has 0 N–H and O–H groups in total. The van der Waals surface area contributed by atoms with E-state index in [-0.39, 0.29) is 0 Å². The van der Waals surface area contributed by atoms with Crippen molar-refractivity contribution in [2.75, 3.05) is 0 Å². The monoisotopic (exact) mass is 223 g/mol. The van der Waals surface area contributed by atoms with E-state index in [1.165, 1.54) is 0 Å². The summed E-state index contributed by atoms with van der Waals surface area (Å²) in [4.78, 5) is 0. The third-order valence-electron chi connectivity index (χ3n) is 0.870. The summed E-state index contributed by atoms with van der Waals surface area (Å²) in [6.45, 7) is 0. The molecule has 6 heteroatoms. The Morgan fingerprint density at radius 1 is 0.643 bits per heavy atom. The summed E-state index contributed by atoms with van der Waals surface area (Å²) in [7, 11) is -6.00. The second-order valence-electron chi connectivity index (χ2n) is 2.06. The standard InChI is InChI=1S/C8H8S.BF4/c1-2-4-6-8-9-7-5-3-1;2-1(3,4)5/h1-8H;/q;-1. The van der Waals surface area contributed by atoms with Crippen molar-refractivity contribution in [3.05, 3.63) is 47.2 Å². The fraction of sp³-hybridized carbons (Fsp3) is 0. The first kappa shape index (κ1) is 13.0. The topological polar surface area (TPSA) is 0 Å². The van der Waals surface area contributed by atoms with E-state index < -0.39 is 7.25 Å². The van der Waals surface area contributed by atoms with Crippen LogP contribution in [0.5, 0.6) is 0 Å². The molecule has 0 bridgehead atoms. The summed E-state index contributed by atoms with van der Waals surface area (Å²) in [5.41, 5.74) is 0. The SMILES string of the molecule is F[B-](F)(F)F.c1ccccsccc1. The lowest BCUT2D eigenvalue weighted by Gasteiger charge is -1.94. The Balaban J connectivity index is 0.000000292. The van der Waals surface area contributed by atoms with Gasteiger partial charge in [-0.25, -0.2) is 0 Å². The largest absolute Gasteiger partial charge is 0.673 e. The molecule has 14 heavy (non-hydrogen) atoms. The van der Waals surface area contributed by atoms with E-state index >= 15 is 0 Å². The lowest BCUT2D eigenvalue weighted by atomic mass is 10.3. The van der Waals surface area contributed by atoms with Crippen LogP contribution in [-0.2, 0) is 0 Å². The average molecular weight is 223 g/mol. The second kappa shape index (κ2) is 7.38. The van der Waals surface area contributed by atoms with E-state index in [9.17, 15) is 17.3 Å². The van der Waals surface area contributed by atoms with Gasteiger partial charge in [-0.2, -0.15) is 11.3 Å². The van der Waals surface area contributed by atoms with Crippen LogP contribution >= 0.6 is 11.3 Å². The summed E-state index contributed by atoms with van der Waals surface area (Å²) in [5.74, 6) is 0. The molecule has 0 saturated heterocycles. The van der Waals surface area contributed by atoms with Gasteiger partial charge in [-0.05, 0) is 10.8 Å². The van der Waals surface area contributed by atoms with Crippen molar-refractivity contribution in [3.63, 3.8) is 0 Å². The molecule has 1 aromatic heterocycles. The lowest BCUT2D eigenvalue weighted by Crippen LogP contribution is -2.02. The molecule has 0 fully saturated rings. The van der Waals surface area contributed by atoms with Gasteiger partial charge in [0.25, 0.3) is 0 Å². The maximum atomic E-state index is 9.75. The van der Waals surface area contributed by atoms with Gasteiger partial charge < -0.3 is 17.3 Å². The highest BCUT2D eigenvalue weighted by molar-refractivity contribution is 7.07. The Kier molecular flexibility index (Phi) is 6.83. The molecule has 0 radical (unpaired) electrons. The maximum Gasteiger partial charge on any atom is 0.673 e. The molecule has 0 atom stereocenters. The number of rotatable bonds is 0. The normalized spacial score (nSPS) is 9.43. The van der Waals surface area contributed by atoms with Crippen LogP contribution in [-0.4, -0.2) is 7.25 Å². The minimum Gasteiger partial charge on any atom is -0.418 e. The van der Waals surface area contributed by atoms with E-state index in [2.05, 4.69) is 0 Å². The van der Waals surface area contributed by atoms with Crippen molar-refractivity contribution in [2.24, 2.45) is 0 Å². The molecule has 0 amide bonds. The van der Waals surface area contributed by atoms with Gasteiger partial charge in [0.15, 0.2) is 0 Å². The van der Waals surface area contributed by atoms with E-state index in [4.69, 9.17) is 0 Å². The van der Waals surface area contributed by atoms with Crippen molar-refractivity contribution in [1.29, 1.82) is 0 Å². The molecule has 0 aliphatic rings. The van der Waals surface area contributed by atoms with Gasteiger partial charge in [0, 0.05) is 0 Å². The molecular formula is C8H8BF4S-. The van der Waals surface area contributed by atoms with Crippen molar-refractivity contribution < 1.29 is 17.3 Å². The van der Waals surface area contributed by atoms with Gasteiger partial charge in [0.1, 0.15) is 0 Å². The van der Waals surface area contributed by atoms with Crippen LogP contribution in [0.2, 0.25) is 0 Å². The Morgan fingerprint density at radius 2 is 0.929 bits per heavy atom. The van der Waals surface area contributed by atoms with E-state index in [1.807, 2.05) is 47.2 Å².